The molecule has 5 heteroatoms. The van der Waals surface area contributed by atoms with E-state index in [1.807, 2.05) is 41.9 Å². The Morgan fingerprint density at radius 2 is 1.80 bits per heavy atom. The third kappa shape index (κ3) is 2.99. The summed E-state index contributed by atoms with van der Waals surface area (Å²) < 4.78 is 1.97. The van der Waals surface area contributed by atoms with E-state index in [1.54, 1.807) is 0 Å². The first kappa shape index (κ1) is 16.4. The Morgan fingerprint density at radius 3 is 2.52 bits per heavy atom. The molecule has 2 aromatic heterocycles. The van der Waals surface area contributed by atoms with Crippen molar-refractivity contribution in [1.82, 2.24) is 14.6 Å². The molecule has 3 aromatic rings. The Balaban J connectivity index is 1.86. The smallest absolute Gasteiger partial charge is 0.165 e. The summed E-state index contributed by atoms with van der Waals surface area (Å²) in [5, 5.41) is 5.38. The molecule has 130 valence electrons. The highest BCUT2D eigenvalue weighted by molar-refractivity contribution is 6.33. The Labute approximate surface area is 153 Å². The van der Waals surface area contributed by atoms with Crippen molar-refractivity contribution in [2.24, 2.45) is 11.8 Å². The van der Waals surface area contributed by atoms with Gasteiger partial charge in [0.1, 0.15) is 5.82 Å². The van der Waals surface area contributed by atoms with E-state index < -0.39 is 0 Å². The predicted octanol–water partition coefficient (Wildman–Crippen LogP) is 4.84. The van der Waals surface area contributed by atoms with Gasteiger partial charge in [0.25, 0.3) is 0 Å². The molecule has 1 aromatic carbocycles. The standard InChI is InChI=1S/C20H23ClN4/c1-13-8-14(2)12-24(11-13)19-9-15(3)23-20-17(10-22-25(19)20)16-6-4-5-7-18(16)21/h4-7,9-10,13-14H,8,11-12H2,1-3H3. The predicted molar refractivity (Wildman–Crippen MR) is 103 cm³/mol. The van der Waals surface area contributed by atoms with Gasteiger partial charge in [-0.05, 0) is 31.2 Å². The van der Waals surface area contributed by atoms with Gasteiger partial charge in [0.05, 0.1) is 6.20 Å². The number of nitrogens with zero attached hydrogens (tertiary/aromatic N) is 4. The normalized spacial score (nSPS) is 21.0. The lowest BCUT2D eigenvalue weighted by molar-refractivity contribution is 0.354. The van der Waals surface area contributed by atoms with Gasteiger partial charge in [-0.1, -0.05) is 43.6 Å². The van der Waals surface area contributed by atoms with Crippen LogP contribution in [0, 0.1) is 18.8 Å². The van der Waals surface area contributed by atoms with Gasteiger partial charge in [0.15, 0.2) is 5.65 Å². The van der Waals surface area contributed by atoms with Gasteiger partial charge >= 0.3 is 0 Å². The Bertz CT molecular complexity index is 907. The summed E-state index contributed by atoms with van der Waals surface area (Å²) in [6.07, 6.45) is 3.16. The molecule has 2 atom stereocenters. The minimum atomic E-state index is 0.686. The zero-order valence-corrected chi connectivity index (χ0v) is 15.7. The highest BCUT2D eigenvalue weighted by Crippen LogP contribution is 2.33. The number of benzene rings is 1. The summed E-state index contributed by atoms with van der Waals surface area (Å²) in [5.74, 6) is 2.50. The van der Waals surface area contributed by atoms with E-state index in [9.17, 15) is 0 Å². The fraction of sp³-hybridized carbons (Fsp3) is 0.400. The Kier molecular flexibility index (Phi) is 4.16. The maximum atomic E-state index is 6.41. The summed E-state index contributed by atoms with van der Waals surface area (Å²) >= 11 is 6.41. The molecule has 25 heavy (non-hydrogen) atoms. The van der Waals surface area contributed by atoms with Gasteiger partial charge in [-0.25, -0.2) is 4.98 Å². The van der Waals surface area contributed by atoms with Gasteiger partial charge < -0.3 is 4.90 Å². The lowest BCUT2D eigenvalue weighted by atomic mass is 9.92. The largest absolute Gasteiger partial charge is 0.356 e. The van der Waals surface area contributed by atoms with E-state index in [0.717, 1.165) is 46.4 Å². The second-order valence-electron chi connectivity index (χ2n) is 7.38. The van der Waals surface area contributed by atoms with Gasteiger partial charge in [0.2, 0.25) is 0 Å². The molecule has 0 aliphatic carbocycles. The molecule has 2 unspecified atom stereocenters. The highest BCUT2D eigenvalue weighted by atomic mass is 35.5. The van der Waals surface area contributed by atoms with Crippen molar-refractivity contribution in [1.29, 1.82) is 0 Å². The van der Waals surface area contributed by atoms with Crippen molar-refractivity contribution in [3.05, 3.63) is 47.2 Å². The van der Waals surface area contributed by atoms with Crippen LogP contribution in [0.4, 0.5) is 5.82 Å². The van der Waals surface area contributed by atoms with Crippen LogP contribution in [0.5, 0.6) is 0 Å². The molecule has 0 bridgehead atoms. The number of fused-ring (bicyclic) bond motifs is 1. The maximum Gasteiger partial charge on any atom is 0.165 e. The molecular weight excluding hydrogens is 332 g/mol. The van der Waals surface area contributed by atoms with Gasteiger partial charge in [-0.15, -0.1) is 0 Å². The second-order valence-corrected chi connectivity index (χ2v) is 7.79. The first-order valence-electron chi connectivity index (χ1n) is 8.88. The molecule has 4 rings (SSSR count). The van der Waals surface area contributed by atoms with Gasteiger partial charge in [-0.2, -0.15) is 9.61 Å². The topological polar surface area (TPSA) is 33.4 Å². The van der Waals surface area contributed by atoms with Crippen molar-refractivity contribution in [3.8, 4) is 11.1 Å². The van der Waals surface area contributed by atoms with Crippen LogP contribution in [-0.2, 0) is 0 Å². The average Bonchev–Trinajstić information content (AvgIpc) is 2.97. The lowest BCUT2D eigenvalue weighted by Crippen LogP contribution is -2.39. The first-order valence-corrected chi connectivity index (χ1v) is 9.26. The maximum absolute atomic E-state index is 6.41. The van der Waals surface area contributed by atoms with Gasteiger partial charge in [0, 0.05) is 41.0 Å². The summed E-state index contributed by atoms with van der Waals surface area (Å²) in [7, 11) is 0. The molecule has 1 aliphatic heterocycles. The zero-order chi connectivity index (χ0) is 17.6. The Hall–Kier alpha value is -2.07. The summed E-state index contributed by atoms with van der Waals surface area (Å²) in [5.41, 5.74) is 3.83. The molecule has 1 aliphatic rings. The average molecular weight is 355 g/mol. The van der Waals surface area contributed by atoms with Crippen molar-refractivity contribution in [2.45, 2.75) is 27.2 Å². The van der Waals surface area contributed by atoms with Crippen LogP contribution in [0.2, 0.25) is 5.02 Å². The van der Waals surface area contributed by atoms with Crippen LogP contribution < -0.4 is 4.90 Å². The minimum absolute atomic E-state index is 0.686. The molecule has 4 nitrogen and oxygen atoms in total. The van der Waals surface area contributed by atoms with Crippen LogP contribution in [0.15, 0.2) is 36.5 Å². The molecule has 1 fully saturated rings. The molecule has 1 saturated heterocycles. The number of halogens is 1. The quantitative estimate of drug-likeness (QED) is 0.660. The number of aryl methyl sites for hydroxylation is 1. The van der Waals surface area contributed by atoms with E-state index in [1.165, 1.54) is 6.42 Å². The number of hydrogen-bond donors (Lipinski definition) is 0. The minimum Gasteiger partial charge on any atom is -0.356 e. The van der Waals surface area contributed by atoms with Gasteiger partial charge in [-0.3, -0.25) is 0 Å². The molecule has 0 spiro atoms. The van der Waals surface area contributed by atoms with Crippen LogP contribution in [0.25, 0.3) is 16.8 Å². The van der Waals surface area contributed by atoms with Crippen molar-refractivity contribution < 1.29 is 0 Å². The zero-order valence-electron chi connectivity index (χ0n) is 14.9. The number of piperidine rings is 1. The molecular formula is C20H23ClN4. The first-order chi connectivity index (χ1) is 12.0. The van der Waals surface area contributed by atoms with E-state index in [2.05, 4.69) is 29.9 Å². The highest BCUT2D eigenvalue weighted by Gasteiger charge is 2.25. The fourth-order valence-electron chi connectivity index (χ4n) is 4.01. The number of hydrogen-bond acceptors (Lipinski definition) is 3. The lowest BCUT2D eigenvalue weighted by Gasteiger charge is -2.36. The SMILES string of the molecule is Cc1cc(N2CC(C)CC(C)C2)n2ncc(-c3ccccc3Cl)c2n1. The summed E-state index contributed by atoms with van der Waals surface area (Å²) in [6.45, 7) is 8.82. The summed E-state index contributed by atoms with van der Waals surface area (Å²) in [6, 6.07) is 10.0. The molecule has 0 N–H and O–H groups in total. The van der Waals surface area contributed by atoms with E-state index in [4.69, 9.17) is 16.6 Å². The summed E-state index contributed by atoms with van der Waals surface area (Å²) in [4.78, 5) is 7.21. The number of anilines is 1. The van der Waals surface area contributed by atoms with E-state index in [-0.39, 0.29) is 0 Å². The Morgan fingerprint density at radius 1 is 1.08 bits per heavy atom. The van der Waals surface area contributed by atoms with Crippen molar-refractivity contribution in [2.75, 3.05) is 18.0 Å². The van der Waals surface area contributed by atoms with Crippen LogP contribution >= 0.6 is 11.6 Å². The number of rotatable bonds is 2. The second kappa shape index (κ2) is 6.34. The van der Waals surface area contributed by atoms with Crippen LogP contribution in [0.1, 0.15) is 26.0 Å². The van der Waals surface area contributed by atoms with Crippen molar-refractivity contribution in [3.63, 3.8) is 0 Å². The van der Waals surface area contributed by atoms with Crippen LogP contribution in [0.3, 0.4) is 0 Å². The fourth-order valence-corrected chi connectivity index (χ4v) is 4.25. The van der Waals surface area contributed by atoms with E-state index >= 15 is 0 Å². The monoisotopic (exact) mass is 354 g/mol. The number of aromatic nitrogens is 3. The molecule has 3 heterocycles. The molecule has 0 saturated carbocycles. The molecule has 0 amide bonds. The van der Waals surface area contributed by atoms with E-state index in [0.29, 0.717) is 11.8 Å². The third-order valence-electron chi connectivity index (χ3n) is 4.94. The third-order valence-corrected chi connectivity index (χ3v) is 5.27. The van der Waals surface area contributed by atoms with Crippen LogP contribution in [-0.4, -0.2) is 27.7 Å². The molecule has 0 radical (unpaired) electrons. The van der Waals surface area contributed by atoms with Crippen molar-refractivity contribution >= 4 is 23.1 Å².